The van der Waals surface area contributed by atoms with Gasteiger partial charge in [-0.2, -0.15) is 0 Å². The molecule has 82 valence electrons. The smallest absolute Gasteiger partial charge is 0.142 e. The first-order chi connectivity index (χ1) is 6.47. The molecule has 0 spiro atoms. The third kappa shape index (κ3) is 2.55. The number of nitrogens with zero attached hydrogens (tertiary/aromatic N) is 1. The van der Waals surface area contributed by atoms with Gasteiger partial charge in [-0.15, -0.1) is 0 Å². The Labute approximate surface area is 86.6 Å². The quantitative estimate of drug-likeness (QED) is 0.729. The fourth-order valence-electron chi connectivity index (χ4n) is 2.19. The van der Waals surface area contributed by atoms with Gasteiger partial charge in [-0.25, -0.2) is 0 Å². The van der Waals surface area contributed by atoms with Crippen LogP contribution in [0.25, 0.3) is 0 Å². The molecule has 1 saturated heterocycles. The molecule has 3 nitrogen and oxygen atoms in total. The Bertz CT molecular complexity index is 213. The summed E-state index contributed by atoms with van der Waals surface area (Å²) >= 11 is 0. The lowest BCUT2D eigenvalue weighted by Gasteiger charge is -2.25. The summed E-state index contributed by atoms with van der Waals surface area (Å²) in [4.78, 5) is 14.3. The molecule has 1 aliphatic rings. The number of carbonyl (C=O) groups excluding carboxylic acids is 1. The molecule has 2 N–H and O–H groups in total. The van der Waals surface area contributed by atoms with Crippen molar-refractivity contribution in [3.05, 3.63) is 0 Å². The SMILES string of the molecule is CN1CCC(C(=O)C(C)(C)CCN)C1. The van der Waals surface area contributed by atoms with Crippen molar-refractivity contribution in [2.24, 2.45) is 17.1 Å². The predicted octanol–water partition coefficient (Wildman–Crippen LogP) is 0.882. The molecule has 0 aromatic rings. The second kappa shape index (κ2) is 4.41. The van der Waals surface area contributed by atoms with Gasteiger partial charge in [-0.3, -0.25) is 4.79 Å². The minimum atomic E-state index is -0.232. The average molecular weight is 198 g/mol. The molecule has 3 heteroatoms. The Kier molecular flexibility index (Phi) is 3.67. The number of likely N-dealkylation sites (tertiary alicyclic amines) is 1. The van der Waals surface area contributed by atoms with Crippen LogP contribution in [0.2, 0.25) is 0 Å². The summed E-state index contributed by atoms with van der Waals surface area (Å²) < 4.78 is 0. The van der Waals surface area contributed by atoms with Crippen LogP contribution in [-0.4, -0.2) is 37.4 Å². The molecule has 0 aromatic carbocycles. The van der Waals surface area contributed by atoms with Gasteiger partial charge in [0.2, 0.25) is 0 Å². The van der Waals surface area contributed by atoms with E-state index in [1.54, 1.807) is 0 Å². The number of rotatable bonds is 4. The number of carbonyl (C=O) groups is 1. The Balaban J connectivity index is 2.56. The molecule has 0 bridgehead atoms. The van der Waals surface area contributed by atoms with E-state index < -0.39 is 0 Å². The van der Waals surface area contributed by atoms with Crippen LogP contribution in [0.5, 0.6) is 0 Å². The molecule has 1 rings (SSSR count). The predicted molar refractivity (Wildman–Crippen MR) is 58.1 cm³/mol. The molecular weight excluding hydrogens is 176 g/mol. The van der Waals surface area contributed by atoms with Gasteiger partial charge in [0.15, 0.2) is 0 Å². The molecule has 0 saturated carbocycles. The van der Waals surface area contributed by atoms with E-state index in [0.29, 0.717) is 12.3 Å². The lowest BCUT2D eigenvalue weighted by Crippen LogP contribution is -2.34. The van der Waals surface area contributed by atoms with E-state index in [2.05, 4.69) is 11.9 Å². The van der Waals surface area contributed by atoms with Crippen LogP contribution in [0.15, 0.2) is 0 Å². The van der Waals surface area contributed by atoms with Crippen LogP contribution in [0.3, 0.4) is 0 Å². The first-order valence-electron chi connectivity index (χ1n) is 5.40. The van der Waals surface area contributed by atoms with E-state index in [4.69, 9.17) is 5.73 Å². The molecule has 0 amide bonds. The fourth-order valence-corrected chi connectivity index (χ4v) is 2.19. The van der Waals surface area contributed by atoms with Crippen molar-refractivity contribution in [3.63, 3.8) is 0 Å². The van der Waals surface area contributed by atoms with Gasteiger partial charge >= 0.3 is 0 Å². The van der Waals surface area contributed by atoms with Crippen LogP contribution in [0, 0.1) is 11.3 Å². The van der Waals surface area contributed by atoms with Gasteiger partial charge in [-0.05, 0) is 33.0 Å². The maximum Gasteiger partial charge on any atom is 0.142 e. The minimum Gasteiger partial charge on any atom is -0.330 e. The summed E-state index contributed by atoms with van der Waals surface area (Å²) in [6, 6.07) is 0. The van der Waals surface area contributed by atoms with Crippen molar-refractivity contribution in [1.82, 2.24) is 4.90 Å². The van der Waals surface area contributed by atoms with Crippen molar-refractivity contribution < 1.29 is 4.79 Å². The summed E-state index contributed by atoms with van der Waals surface area (Å²) in [5.41, 5.74) is 5.28. The monoisotopic (exact) mass is 198 g/mol. The van der Waals surface area contributed by atoms with E-state index in [-0.39, 0.29) is 11.3 Å². The van der Waals surface area contributed by atoms with Crippen molar-refractivity contribution in [3.8, 4) is 0 Å². The van der Waals surface area contributed by atoms with Gasteiger partial charge < -0.3 is 10.6 Å². The third-order valence-corrected chi connectivity index (χ3v) is 3.20. The zero-order chi connectivity index (χ0) is 10.8. The molecule has 1 fully saturated rings. The van der Waals surface area contributed by atoms with Gasteiger partial charge in [0.05, 0.1) is 0 Å². The van der Waals surface area contributed by atoms with Crippen LogP contribution >= 0.6 is 0 Å². The average Bonchev–Trinajstić information content (AvgIpc) is 2.50. The molecule has 1 aliphatic heterocycles. The number of hydrogen-bond acceptors (Lipinski definition) is 3. The summed E-state index contributed by atoms with van der Waals surface area (Å²) in [6.45, 7) is 6.60. The summed E-state index contributed by atoms with van der Waals surface area (Å²) in [7, 11) is 2.07. The summed E-state index contributed by atoms with van der Waals surface area (Å²) in [5.74, 6) is 0.633. The topological polar surface area (TPSA) is 46.3 Å². The molecule has 1 unspecified atom stereocenters. The second-order valence-corrected chi connectivity index (χ2v) is 5.03. The normalized spacial score (nSPS) is 24.1. The highest BCUT2D eigenvalue weighted by Crippen LogP contribution is 2.29. The van der Waals surface area contributed by atoms with E-state index >= 15 is 0 Å². The van der Waals surface area contributed by atoms with E-state index in [1.165, 1.54) is 0 Å². The summed E-state index contributed by atoms with van der Waals surface area (Å²) in [5, 5.41) is 0. The maximum absolute atomic E-state index is 12.1. The van der Waals surface area contributed by atoms with Crippen molar-refractivity contribution in [2.45, 2.75) is 26.7 Å². The van der Waals surface area contributed by atoms with Crippen molar-refractivity contribution in [2.75, 3.05) is 26.7 Å². The van der Waals surface area contributed by atoms with E-state index in [0.717, 1.165) is 25.9 Å². The number of nitrogens with two attached hydrogens (primary N) is 1. The molecule has 0 radical (unpaired) electrons. The summed E-state index contributed by atoms with van der Waals surface area (Å²) in [6.07, 6.45) is 1.81. The van der Waals surface area contributed by atoms with E-state index in [9.17, 15) is 4.79 Å². The molecule has 1 atom stereocenters. The van der Waals surface area contributed by atoms with E-state index in [1.807, 2.05) is 13.8 Å². The zero-order valence-electron chi connectivity index (χ0n) is 9.55. The van der Waals surface area contributed by atoms with Crippen molar-refractivity contribution >= 4 is 5.78 Å². The number of hydrogen-bond donors (Lipinski definition) is 1. The fraction of sp³-hybridized carbons (Fsp3) is 0.909. The highest BCUT2D eigenvalue weighted by atomic mass is 16.1. The Morgan fingerprint density at radius 3 is 2.64 bits per heavy atom. The van der Waals surface area contributed by atoms with Gasteiger partial charge in [0.25, 0.3) is 0 Å². The lowest BCUT2D eigenvalue weighted by molar-refractivity contribution is -0.131. The second-order valence-electron chi connectivity index (χ2n) is 5.03. The highest BCUT2D eigenvalue weighted by Gasteiger charge is 2.35. The van der Waals surface area contributed by atoms with Crippen LogP contribution in [0.4, 0.5) is 0 Å². The first kappa shape index (κ1) is 11.7. The van der Waals surface area contributed by atoms with Gasteiger partial charge in [-0.1, -0.05) is 13.8 Å². The number of ketones is 1. The molecule has 0 aliphatic carbocycles. The van der Waals surface area contributed by atoms with Crippen LogP contribution in [0.1, 0.15) is 26.7 Å². The Hall–Kier alpha value is -0.410. The molecule has 14 heavy (non-hydrogen) atoms. The Morgan fingerprint density at radius 1 is 1.57 bits per heavy atom. The zero-order valence-corrected chi connectivity index (χ0v) is 9.55. The molecular formula is C11H22N2O. The number of Topliss-reactive ketones (excluding diaryl/α,β-unsaturated/α-hetero) is 1. The molecule has 0 aromatic heterocycles. The Morgan fingerprint density at radius 2 is 2.21 bits per heavy atom. The van der Waals surface area contributed by atoms with Gasteiger partial charge in [0, 0.05) is 17.9 Å². The standard InChI is InChI=1S/C11H22N2O/c1-11(2,5-6-12)10(14)9-4-7-13(3)8-9/h9H,4-8,12H2,1-3H3. The lowest BCUT2D eigenvalue weighted by atomic mass is 9.78. The highest BCUT2D eigenvalue weighted by molar-refractivity contribution is 5.86. The first-order valence-corrected chi connectivity index (χ1v) is 5.40. The van der Waals surface area contributed by atoms with Crippen LogP contribution in [-0.2, 0) is 4.79 Å². The maximum atomic E-state index is 12.1. The molecule has 1 heterocycles. The van der Waals surface area contributed by atoms with Crippen LogP contribution < -0.4 is 5.73 Å². The largest absolute Gasteiger partial charge is 0.330 e. The third-order valence-electron chi connectivity index (χ3n) is 3.20. The minimum absolute atomic E-state index is 0.232. The van der Waals surface area contributed by atoms with Crippen molar-refractivity contribution in [1.29, 1.82) is 0 Å². The van der Waals surface area contributed by atoms with Gasteiger partial charge in [0.1, 0.15) is 5.78 Å².